The molecule has 0 saturated heterocycles. The Hall–Kier alpha value is -2.45. The van der Waals surface area contributed by atoms with Gasteiger partial charge in [0, 0.05) is 5.56 Å². The number of aromatic nitrogens is 4. The van der Waals surface area contributed by atoms with Crippen LogP contribution in [0.5, 0.6) is 0 Å². The molecule has 0 spiro atoms. The lowest BCUT2D eigenvalue weighted by Crippen LogP contribution is -2.29. The van der Waals surface area contributed by atoms with Crippen LogP contribution in [0.3, 0.4) is 0 Å². The molecular formula is C13H14F3N5O. The molecule has 9 heteroatoms. The summed E-state index contributed by atoms with van der Waals surface area (Å²) in [4.78, 5) is 12.3. The van der Waals surface area contributed by atoms with E-state index in [2.05, 4.69) is 20.6 Å². The van der Waals surface area contributed by atoms with Crippen LogP contribution in [-0.4, -0.2) is 32.1 Å². The van der Waals surface area contributed by atoms with E-state index in [4.69, 9.17) is 0 Å². The monoisotopic (exact) mass is 313 g/mol. The van der Waals surface area contributed by atoms with Crippen molar-refractivity contribution in [1.29, 1.82) is 0 Å². The van der Waals surface area contributed by atoms with E-state index in [0.29, 0.717) is 21.6 Å². The second-order valence-corrected chi connectivity index (χ2v) is 4.81. The van der Waals surface area contributed by atoms with E-state index in [1.54, 1.807) is 13.8 Å². The number of carbonyl (C=O) groups is 1. The first-order valence-electron chi connectivity index (χ1n) is 6.42. The predicted molar refractivity (Wildman–Crippen MR) is 72.5 cm³/mol. The molecule has 0 aliphatic heterocycles. The smallest absolute Gasteiger partial charge is 0.319 e. The summed E-state index contributed by atoms with van der Waals surface area (Å²) in [6, 6.07) is -0.419. The van der Waals surface area contributed by atoms with E-state index < -0.39 is 18.1 Å². The van der Waals surface area contributed by atoms with Crippen LogP contribution >= 0.6 is 0 Å². The maximum atomic E-state index is 12.9. The predicted octanol–water partition coefficient (Wildman–Crippen LogP) is 2.67. The summed E-state index contributed by atoms with van der Waals surface area (Å²) in [5.74, 6) is -0.679. The molecule has 0 saturated carbocycles. The fraction of sp³-hybridized carbons (Fsp3) is 0.385. The van der Waals surface area contributed by atoms with Gasteiger partial charge in [-0.05, 0) is 26.8 Å². The third-order valence-electron chi connectivity index (χ3n) is 3.28. The lowest BCUT2D eigenvalue weighted by atomic mass is 10.2. The highest BCUT2D eigenvalue weighted by Crippen LogP contribution is 2.32. The number of aryl methyl sites for hydroxylation is 1. The summed E-state index contributed by atoms with van der Waals surface area (Å²) in [6.07, 6.45) is -1.84. The van der Waals surface area contributed by atoms with Crippen LogP contribution in [0.4, 0.5) is 18.9 Å². The number of nitrogens with one attached hydrogen (secondary N) is 1. The second-order valence-electron chi connectivity index (χ2n) is 4.81. The number of amides is 1. The first kappa shape index (κ1) is 15.9. The van der Waals surface area contributed by atoms with Crippen molar-refractivity contribution >= 4 is 11.6 Å². The van der Waals surface area contributed by atoms with Crippen molar-refractivity contribution in [1.82, 2.24) is 20.0 Å². The molecule has 22 heavy (non-hydrogen) atoms. The quantitative estimate of drug-likeness (QED) is 0.945. The summed E-state index contributed by atoms with van der Waals surface area (Å²) in [5, 5.41) is 13.5. The minimum Gasteiger partial charge on any atom is -0.319 e. The van der Waals surface area contributed by atoms with Gasteiger partial charge in [0.15, 0.2) is 0 Å². The van der Waals surface area contributed by atoms with Gasteiger partial charge in [-0.3, -0.25) is 4.79 Å². The Morgan fingerprint density at radius 1 is 1.32 bits per heavy atom. The summed E-state index contributed by atoms with van der Waals surface area (Å²) >= 11 is 0. The van der Waals surface area contributed by atoms with Crippen LogP contribution in [0.15, 0.2) is 18.5 Å². The highest BCUT2D eigenvalue weighted by molar-refractivity contribution is 6.04. The molecule has 0 aliphatic carbocycles. The molecule has 2 aromatic rings. The van der Waals surface area contributed by atoms with Crippen LogP contribution < -0.4 is 5.32 Å². The lowest BCUT2D eigenvalue weighted by Gasteiger charge is -2.18. The van der Waals surface area contributed by atoms with Gasteiger partial charge in [0.05, 0.1) is 23.8 Å². The fourth-order valence-electron chi connectivity index (χ4n) is 1.88. The zero-order valence-corrected chi connectivity index (χ0v) is 12.1. The van der Waals surface area contributed by atoms with Crippen molar-refractivity contribution in [3.63, 3.8) is 0 Å². The Kier molecular flexibility index (Phi) is 4.16. The molecule has 2 rings (SSSR count). The number of hydrogen-bond acceptors (Lipinski definition) is 4. The molecule has 1 unspecified atom stereocenters. The molecule has 2 heterocycles. The first-order chi connectivity index (χ1) is 10.2. The van der Waals surface area contributed by atoms with Gasteiger partial charge in [0.25, 0.3) is 5.91 Å². The minimum atomic E-state index is -4.50. The average molecular weight is 313 g/mol. The van der Waals surface area contributed by atoms with E-state index >= 15 is 0 Å². The number of halogens is 3. The van der Waals surface area contributed by atoms with Gasteiger partial charge in [-0.15, -0.1) is 0 Å². The second kappa shape index (κ2) is 5.74. The molecule has 0 fully saturated rings. The molecule has 1 atom stereocenters. The lowest BCUT2D eigenvalue weighted by molar-refractivity contribution is -0.165. The fourth-order valence-corrected chi connectivity index (χ4v) is 1.88. The van der Waals surface area contributed by atoms with Crippen molar-refractivity contribution in [3.8, 4) is 0 Å². The normalized spacial score (nSPS) is 13.0. The van der Waals surface area contributed by atoms with Crippen molar-refractivity contribution in [2.75, 3.05) is 5.32 Å². The van der Waals surface area contributed by atoms with E-state index in [1.165, 1.54) is 18.5 Å². The van der Waals surface area contributed by atoms with Crippen molar-refractivity contribution in [2.45, 2.75) is 33.0 Å². The molecule has 2 aromatic heterocycles. The minimum absolute atomic E-state index is 0.126. The standard InChI is InChI=1S/C13H14F3N5O/c1-7-8(2)20-21(9(3)13(14,15)16)11(7)12(22)19-10-4-5-17-18-6-10/h4-6,9H,1-3H3,(H,17,19,22). The average Bonchev–Trinajstić information content (AvgIpc) is 2.74. The van der Waals surface area contributed by atoms with Gasteiger partial charge >= 0.3 is 6.18 Å². The topological polar surface area (TPSA) is 72.7 Å². The van der Waals surface area contributed by atoms with Gasteiger partial charge in [-0.2, -0.15) is 28.5 Å². The van der Waals surface area contributed by atoms with Crippen LogP contribution in [0, 0.1) is 13.8 Å². The number of alkyl halides is 3. The third-order valence-corrected chi connectivity index (χ3v) is 3.28. The highest BCUT2D eigenvalue weighted by Gasteiger charge is 2.40. The summed E-state index contributed by atoms with van der Waals surface area (Å²) in [7, 11) is 0. The molecule has 0 bridgehead atoms. The Bertz CT molecular complexity index is 681. The van der Waals surface area contributed by atoms with Gasteiger partial charge in [-0.1, -0.05) is 0 Å². The highest BCUT2D eigenvalue weighted by atomic mass is 19.4. The Morgan fingerprint density at radius 3 is 2.55 bits per heavy atom. The van der Waals surface area contributed by atoms with Crippen LogP contribution in [0.25, 0.3) is 0 Å². The molecule has 0 radical (unpaired) electrons. The number of rotatable bonds is 3. The molecular weight excluding hydrogens is 299 g/mol. The number of hydrogen-bond donors (Lipinski definition) is 1. The Balaban J connectivity index is 2.40. The zero-order valence-electron chi connectivity index (χ0n) is 12.1. The number of carbonyl (C=O) groups excluding carboxylic acids is 1. The number of nitrogens with zero attached hydrogens (tertiary/aromatic N) is 4. The van der Waals surface area contributed by atoms with Crippen molar-refractivity contribution < 1.29 is 18.0 Å². The van der Waals surface area contributed by atoms with Crippen molar-refractivity contribution in [3.05, 3.63) is 35.4 Å². The molecule has 6 nitrogen and oxygen atoms in total. The zero-order chi connectivity index (χ0) is 16.5. The van der Waals surface area contributed by atoms with Crippen LogP contribution in [0.1, 0.15) is 34.7 Å². The van der Waals surface area contributed by atoms with Gasteiger partial charge in [0.1, 0.15) is 11.7 Å². The third kappa shape index (κ3) is 3.07. The molecule has 0 aliphatic rings. The Morgan fingerprint density at radius 2 is 2.00 bits per heavy atom. The maximum absolute atomic E-state index is 12.9. The summed E-state index contributed by atoms with van der Waals surface area (Å²) in [6.45, 7) is 4.07. The molecule has 1 N–H and O–H groups in total. The van der Waals surface area contributed by atoms with Crippen molar-refractivity contribution in [2.24, 2.45) is 0 Å². The molecule has 1 amide bonds. The Labute approximate surface area is 124 Å². The maximum Gasteiger partial charge on any atom is 0.410 e. The van der Waals surface area contributed by atoms with Crippen LogP contribution in [0.2, 0.25) is 0 Å². The first-order valence-corrected chi connectivity index (χ1v) is 6.42. The molecule has 0 aromatic carbocycles. The largest absolute Gasteiger partial charge is 0.410 e. The van der Waals surface area contributed by atoms with E-state index in [1.807, 2.05) is 0 Å². The SMILES string of the molecule is Cc1nn(C(C)C(F)(F)F)c(C(=O)Nc2ccnnc2)c1C. The van der Waals surface area contributed by atoms with Gasteiger partial charge < -0.3 is 5.32 Å². The van der Waals surface area contributed by atoms with Gasteiger partial charge in [-0.25, -0.2) is 4.68 Å². The molecule has 118 valence electrons. The summed E-state index contributed by atoms with van der Waals surface area (Å²) < 4.78 is 39.5. The van der Waals surface area contributed by atoms with Crippen LogP contribution in [-0.2, 0) is 0 Å². The van der Waals surface area contributed by atoms with Gasteiger partial charge in [0.2, 0.25) is 0 Å². The number of anilines is 1. The van der Waals surface area contributed by atoms with E-state index in [0.717, 1.165) is 6.92 Å². The van der Waals surface area contributed by atoms with E-state index in [9.17, 15) is 18.0 Å². The summed E-state index contributed by atoms with van der Waals surface area (Å²) in [5.41, 5.74) is 0.980. The van der Waals surface area contributed by atoms with E-state index in [-0.39, 0.29) is 5.69 Å².